The summed E-state index contributed by atoms with van der Waals surface area (Å²) in [6.45, 7) is 8.16. The number of aromatic nitrogens is 1. The highest BCUT2D eigenvalue weighted by Gasteiger charge is 2.50. The van der Waals surface area contributed by atoms with Crippen LogP contribution in [0.15, 0.2) is 12.3 Å². The molecule has 3 heterocycles. The first-order valence-electron chi connectivity index (χ1n) is 7.51. The normalized spacial score (nSPS) is 27.0. The van der Waals surface area contributed by atoms with Crippen LogP contribution in [0.2, 0.25) is 5.15 Å². The van der Waals surface area contributed by atoms with Crippen LogP contribution in [0.4, 0.5) is 4.79 Å². The summed E-state index contributed by atoms with van der Waals surface area (Å²) < 4.78 is 11.6. The number of carbonyl (C=O) groups excluding carboxylic acids is 1. The molecular formula is C16H21ClN2O3. The number of carbonyl (C=O) groups is 1. The third-order valence-corrected chi connectivity index (χ3v) is 4.25. The average molecular weight is 325 g/mol. The maximum absolute atomic E-state index is 12.4. The summed E-state index contributed by atoms with van der Waals surface area (Å²) in [6, 6.07) is 1.92. The Kier molecular flexibility index (Phi) is 3.51. The second-order valence-corrected chi connectivity index (χ2v) is 7.63. The molecule has 1 spiro atoms. The summed E-state index contributed by atoms with van der Waals surface area (Å²) in [6.07, 6.45) is 2.90. The van der Waals surface area contributed by atoms with Crippen LogP contribution < -0.4 is 4.74 Å². The van der Waals surface area contributed by atoms with Gasteiger partial charge < -0.3 is 14.4 Å². The van der Waals surface area contributed by atoms with Crippen molar-refractivity contribution < 1.29 is 14.3 Å². The highest BCUT2D eigenvalue weighted by atomic mass is 35.5. The Balaban J connectivity index is 1.76. The molecule has 6 heteroatoms. The van der Waals surface area contributed by atoms with Crippen molar-refractivity contribution in [2.45, 2.75) is 57.8 Å². The second-order valence-electron chi connectivity index (χ2n) is 7.24. The van der Waals surface area contributed by atoms with Crippen molar-refractivity contribution in [1.29, 1.82) is 0 Å². The fourth-order valence-corrected chi connectivity index (χ4v) is 3.43. The summed E-state index contributed by atoms with van der Waals surface area (Å²) in [4.78, 5) is 18.2. The lowest BCUT2D eigenvalue weighted by molar-refractivity contribution is 0.0191. The van der Waals surface area contributed by atoms with E-state index in [4.69, 9.17) is 21.1 Å². The Morgan fingerprint density at radius 3 is 2.95 bits per heavy atom. The topological polar surface area (TPSA) is 51.7 Å². The van der Waals surface area contributed by atoms with E-state index in [0.29, 0.717) is 11.7 Å². The van der Waals surface area contributed by atoms with Gasteiger partial charge in [-0.1, -0.05) is 11.6 Å². The molecule has 1 saturated heterocycles. The first-order valence-corrected chi connectivity index (χ1v) is 7.88. The van der Waals surface area contributed by atoms with Gasteiger partial charge in [0.15, 0.2) is 0 Å². The molecule has 0 aromatic carbocycles. The zero-order valence-electron chi connectivity index (χ0n) is 13.4. The molecule has 2 aliphatic heterocycles. The summed E-state index contributed by atoms with van der Waals surface area (Å²) in [5.74, 6) is 0.766. The predicted octanol–water partition coefficient (Wildman–Crippen LogP) is 3.44. The van der Waals surface area contributed by atoms with Crippen LogP contribution in [0, 0.1) is 0 Å². The summed E-state index contributed by atoms with van der Waals surface area (Å²) >= 11 is 5.95. The predicted molar refractivity (Wildman–Crippen MR) is 83.3 cm³/mol. The molecule has 3 rings (SSSR count). The molecule has 120 valence electrons. The lowest BCUT2D eigenvalue weighted by Gasteiger charge is -2.27. The fraction of sp³-hybridized carbons (Fsp3) is 0.625. The van der Waals surface area contributed by atoms with Crippen molar-refractivity contribution in [3.8, 4) is 5.75 Å². The highest BCUT2D eigenvalue weighted by molar-refractivity contribution is 6.29. The van der Waals surface area contributed by atoms with Gasteiger partial charge in [-0.05, 0) is 33.8 Å². The third kappa shape index (κ3) is 2.86. The summed E-state index contributed by atoms with van der Waals surface area (Å²) in [7, 11) is 0. The van der Waals surface area contributed by atoms with E-state index in [1.165, 1.54) is 0 Å². The van der Waals surface area contributed by atoms with Crippen LogP contribution >= 0.6 is 11.6 Å². The quantitative estimate of drug-likeness (QED) is 0.686. The summed E-state index contributed by atoms with van der Waals surface area (Å²) in [5.41, 5.74) is 0.173. The minimum Gasteiger partial charge on any atom is -0.483 e. The summed E-state index contributed by atoms with van der Waals surface area (Å²) in [5, 5.41) is 0.467. The first kappa shape index (κ1) is 15.4. The molecule has 0 bridgehead atoms. The molecule has 0 aliphatic carbocycles. The number of likely N-dealkylation sites (tertiary alicyclic amines) is 1. The van der Waals surface area contributed by atoms with Crippen LogP contribution in [0.1, 0.15) is 39.7 Å². The van der Waals surface area contributed by atoms with Gasteiger partial charge in [-0.3, -0.25) is 0 Å². The van der Waals surface area contributed by atoms with E-state index in [0.717, 1.165) is 24.2 Å². The van der Waals surface area contributed by atoms with E-state index >= 15 is 0 Å². The van der Waals surface area contributed by atoms with Crippen molar-refractivity contribution in [2.24, 2.45) is 0 Å². The largest absolute Gasteiger partial charge is 0.483 e. The molecule has 5 nitrogen and oxygen atoms in total. The molecule has 0 unspecified atom stereocenters. The lowest BCUT2D eigenvalue weighted by Crippen LogP contribution is -2.42. The molecule has 2 aliphatic rings. The minimum absolute atomic E-state index is 0.0765. The number of ether oxygens (including phenoxy) is 2. The number of nitrogens with zero attached hydrogens (tertiary/aromatic N) is 2. The average Bonchev–Trinajstić information content (AvgIpc) is 2.86. The maximum Gasteiger partial charge on any atom is 0.410 e. The number of amides is 1. The SMILES string of the molecule is C[C@H]1C[C@]2(Cc3cc(Cl)ncc3O2)CN1C(=O)OC(C)(C)C. The molecule has 0 N–H and O–H groups in total. The standard InChI is InChI=1S/C16H21ClN2O3/c1-10-6-16(9-19(10)14(20)22-15(2,3)4)7-11-5-13(17)18-8-12(11)21-16/h5,8,10H,6-7,9H2,1-4H3/t10-,16-/m0/s1. The monoisotopic (exact) mass is 324 g/mol. The zero-order chi connectivity index (χ0) is 16.1. The molecule has 0 saturated carbocycles. The molecule has 0 radical (unpaired) electrons. The van der Waals surface area contributed by atoms with Gasteiger partial charge in [0.05, 0.1) is 12.7 Å². The van der Waals surface area contributed by atoms with Gasteiger partial charge in [-0.2, -0.15) is 0 Å². The van der Waals surface area contributed by atoms with Crippen LogP contribution in [0.25, 0.3) is 0 Å². The zero-order valence-corrected chi connectivity index (χ0v) is 14.1. The number of fused-ring (bicyclic) bond motifs is 1. The van der Waals surface area contributed by atoms with E-state index in [2.05, 4.69) is 4.98 Å². The Bertz CT molecular complexity index is 614. The lowest BCUT2D eigenvalue weighted by atomic mass is 9.95. The van der Waals surface area contributed by atoms with Crippen LogP contribution in [0.3, 0.4) is 0 Å². The van der Waals surface area contributed by atoms with Gasteiger partial charge >= 0.3 is 6.09 Å². The number of halogens is 1. The minimum atomic E-state index is -0.497. The molecule has 1 aromatic rings. The van der Waals surface area contributed by atoms with Crippen molar-refractivity contribution in [1.82, 2.24) is 9.88 Å². The van der Waals surface area contributed by atoms with Gasteiger partial charge in [0, 0.05) is 24.4 Å². The van der Waals surface area contributed by atoms with Crippen LogP contribution in [0.5, 0.6) is 5.75 Å². The van der Waals surface area contributed by atoms with Crippen molar-refractivity contribution in [2.75, 3.05) is 6.54 Å². The number of hydrogen-bond donors (Lipinski definition) is 0. The highest BCUT2D eigenvalue weighted by Crippen LogP contribution is 2.43. The van der Waals surface area contributed by atoms with Gasteiger partial charge in [-0.25, -0.2) is 9.78 Å². The van der Waals surface area contributed by atoms with E-state index in [-0.39, 0.29) is 17.7 Å². The smallest absolute Gasteiger partial charge is 0.410 e. The van der Waals surface area contributed by atoms with E-state index in [1.807, 2.05) is 33.8 Å². The van der Waals surface area contributed by atoms with Crippen LogP contribution in [-0.2, 0) is 11.2 Å². The van der Waals surface area contributed by atoms with E-state index in [9.17, 15) is 4.79 Å². The fourth-order valence-electron chi connectivity index (χ4n) is 3.25. The van der Waals surface area contributed by atoms with Gasteiger partial charge in [0.25, 0.3) is 0 Å². The Hall–Kier alpha value is -1.49. The Labute approximate surface area is 135 Å². The number of pyridine rings is 1. The van der Waals surface area contributed by atoms with Crippen molar-refractivity contribution >= 4 is 17.7 Å². The van der Waals surface area contributed by atoms with Gasteiger partial charge in [-0.15, -0.1) is 0 Å². The molecule has 1 amide bonds. The second kappa shape index (κ2) is 5.01. The van der Waals surface area contributed by atoms with Crippen molar-refractivity contribution in [3.05, 3.63) is 23.0 Å². The van der Waals surface area contributed by atoms with Crippen molar-refractivity contribution in [3.63, 3.8) is 0 Å². The van der Waals surface area contributed by atoms with E-state index in [1.54, 1.807) is 11.1 Å². The first-order chi connectivity index (χ1) is 10.2. The van der Waals surface area contributed by atoms with Gasteiger partial charge in [0.2, 0.25) is 0 Å². The molecule has 22 heavy (non-hydrogen) atoms. The third-order valence-electron chi connectivity index (χ3n) is 4.04. The Morgan fingerprint density at radius 2 is 2.27 bits per heavy atom. The number of rotatable bonds is 0. The van der Waals surface area contributed by atoms with Gasteiger partial charge in [0.1, 0.15) is 22.1 Å². The molecule has 2 atom stereocenters. The molecule has 1 aromatic heterocycles. The molecular weight excluding hydrogens is 304 g/mol. The molecule has 1 fully saturated rings. The van der Waals surface area contributed by atoms with Crippen LogP contribution in [-0.4, -0.2) is 39.8 Å². The Morgan fingerprint density at radius 1 is 1.55 bits per heavy atom. The maximum atomic E-state index is 12.4. The number of hydrogen-bond acceptors (Lipinski definition) is 4. The van der Waals surface area contributed by atoms with E-state index < -0.39 is 5.60 Å².